The monoisotopic (exact) mass is 313 g/mol. The standard InChI is InChI=1S/C12H10F3N5S/c13-12(14,15)10-17-18-11-20(10)19-9(21-11)5-7-3-1-2-4-8(7)6-16/h1-4H,5-6,16H2. The van der Waals surface area contributed by atoms with Crippen LogP contribution in [-0.4, -0.2) is 19.8 Å². The molecule has 0 spiro atoms. The Balaban J connectivity index is 1.97. The summed E-state index contributed by atoms with van der Waals surface area (Å²) in [5.74, 6) is -1.10. The van der Waals surface area contributed by atoms with Gasteiger partial charge in [0, 0.05) is 13.0 Å². The van der Waals surface area contributed by atoms with E-state index in [0.717, 1.165) is 27.0 Å². The normalized spacial score (nSPS) is 12.2. The van der Waals surface area contributed by atoms with E-state index in [1.54, 1.807) is 0 Å². The van der Waals surface area contributed by atoms with Crippen molar-refractivity contribution >= 4 is 16.3 Å². The molecule has 0 fully saturated rings. The van der Waals surface area contributed by atoms with Crippen molar-refractivity contribution < 1.29 is 13.2 Å². The Bertz CT molecular complexity index is 777. The maximum atomic E-state index is 12.7. The van der Waals surface area contributed by atoms with Crippen molar-refractivity contribution in [1.82, 2.24) is 19.8 Å². The van der Waals surface area contributed by atoms with Crippen LogP contribution in [0.1, 0.15) is 22.0 Å². The molecule has 2 N–H and O–H groups in total. The van der Waals surface area contributed by atoms with Gasteiger partial charge in [0.05, 0.1) is 0 Å². The Morgan fingerprint density at radius 2 is 1.86 bits per heavy atom. The molecule has 0 unspecified atom stereocenters. The van der Waals surface area contributed by atoms with Crippen LogP contribution in [0.15, 0.2) is 24.3 Å². The molecule has 0 saturated carbocycles. The Morgan fingerprint density at radius 1 is 1.14 bits per heavy atom. The van der Waals surface area contributed by atoms with Gasteiger partial charge in [-0.05, 0) is 11.1 Å². The molecular weight excluding hydrogens is 303 g/mol. The van der Waals surface area contributed by atoms with Gasteiger partial charge < -0.3 is 5.73 Å². The Hall–Kier alpha value is -2.00. The number of alkyl halides is 3. The van der Waals surface area contributed by atoms with Crippen LogP contribution >= 0.6 is 11.3 Å². The van der Waals surface area contributed by atoms with Gasteiger partial charge in [0.1, 0.15) is 5.01 Å². The number of aromatic nitrogens is 4. The second kappa shape index (κ2) is 5.08. The van der Waals surface area contributed by atoms with Crippen LogP contribution in [0.5, 0.6) is 0 Å². The number of hydrogen-bond donors (Lipinski definition) is 1. The van der Waals surface area contributed by atoms with Gasteiger partial charge in [-0.15, -0.1) is 10.2 Å². The van der Waals surface area contributed by atoms with E-state index >= 15 is 0 Å². The molecule has 2 aromatic heterocycles. The number of halogens is 3. The summed E-state index contributed by atoms with van der Waals surface area (Å²) in [4.78, 5) is 0.127. The number of rotatable bonds is 3. The third-order valence-electron chi connectivity index (χ3n) is 2.97. The van der Waals surface area contributed by atoms with E-state index in [9.17, 15) is 13.2 Å². The lowest BCUT2D eigenvalue weighted by atomic mass is 10.1. The first-order chi connectivity index (χ1) is 9.99. The van der Waals surface area contributed by atoms with Crippen molar-refractivity contribution in [3.63, 3.8) is 0 Å². The fraction of sp³-hybridized carbons (Fsp3) is 0.250. The lowest BCUT2D eigenvalue weighted by molar-refractivity contribution is -0.146. The minimum absolute atomic E-state index is 0.127. The second-order valence-electron chi connectivity index (χ2n) is 4.36. The van der Waals surface area contributed by atoms with Gasteiger partial charge in [0.15, 0.2) is 0 Å². The van der Waals surface area contributed by atoms with Gasteiger partial charge >= 0.3 is 6.18 Å². The predicted octanol–water partition coefficient (Wildman–Crippen LogP) is 2.25. The minimum atomic E-state index is -4.57. The molecule has 0 aliphatic rings. The molecule has 0 amide bonds. The average molecular weight is 313 g/mol. The van der Waals surface area contributed by atoms with Gasteiger partial charge in [-0.1, -0.05) is 35.6 Å². The first-order valence-electron chi connectivity index (χ1n) is 6.04. The minimum Gasteiger partial charge on any atom is -0.326 e. The summed E-state index contributed by atoms with van der Waals surface area (Å²) < 4.78 is 38.9. The molecule has 9 heteroatoms. The predicted molar refractivity (Wildman–Crippen MR) is 70.8 cm³/mol. The molecule has 110 valence electrons. The first-order valence-corrected chi connectivity index (χ1v) is 6.86. The van der Waals surface area contributed by atoms with Crippen LogP contribution in [0.3, 0.4) is 0 Å². The number of hydrogen-bond acceptors (Lipinski definition) is 5. The van der Waals surface area contributed by atoms with Crippen molar-refractivity contribution in [1.29, 1.82) is 0 Å². The zero-order valence-corrected chi connectivity index (χ0v) is 11.4. The lowest BCUT2D eigenvalue weighted by Gasteiger charge is -2.04. The van der Waals surface area contributed by atoms with Crippen LogP contribution in [-0.2, 0) is 19.1 Å². The number of nitrogens with two attached hydrogens (primary N) is 1. The highest BCUT2D eigenvalue weighted by atomic mass is 32.1. The molecule has 0 aliphatic heterocycles. The van der Waals surface area contributed by atoms with E-state index in [0.29, 0.717) is 18.0 Å². The molecule has 3 rings (SSSR count). The van der Waals surface area contributed by atoms with Gasteiger partial charge in [-0.3, -0.25) is 0 Å². The largest absolute Gasteiger partial charge is 0.453 e. The van der Waals surface area contributed by atoms with Crippen molar-refractivity contribution in [2.24, 2.45) is 5.73 Å². The summed E-state index contributed by atoms with van der Waals surface area (Å²) in [5, 5.41) is 11.1. The molecule has 1 aromatic carbocycles. The highest BCUT2D eigenvalue weighted by Gasteiger charge is 2.38. The van der Waals surface area contributed by atoms with Crippen LogP contribution in [0.4, 0.5) is 13.2 Å². The molecule has 2 heterocycles. The smallest absolute Gasteiger partial charge is 0.326 e. The molecule has 0 atom stereocenters. The summed E-state index contributed by atoms with van der Waals surface area (Å²) >= 11 is 1.09. The number of benzene rings is 1. The highest BCUT2D eigenvalue weighted by Crippen LogP contribution is 2.29. The molecular formula is C12H10F3N5S. The van der Waals surface area contributed by atoms with Crippen LogP contribution in [0.2, 0.25) is 0 Å². The molecule has 0 bridgehead atoms. The summed E-state index contributed by atoms with van der Waals surface area (Å²) in [7, 11) is 0. The lowest BCUT2D eigenvalue weighted by Crippen LogP contribution is -2.11. The Morgan fingerprint density at radius 3 is 2.52 bits per heavy atom. The van der Waals surface area contributed by atoms with Gasteiger partial charge in [-0.25, -0.2) is 0 Å². The van der Waals surface area contributed by atoms with Crippen molar-refractivity contribution in [2.75, 3.05) is 0 Å². The Kier molecular flexibility index (Phi) is 3.38. The molecule has 0 saturated heterocycles. The zero-order valence-electron chi connectivity index (χ0n) is 10.6. The fourth-order valence-electron chi connectivity index (χ4n) is 2.00. The second-order valence-corrected chi connectivity index (χ2v) is 5.40. The van der Waals surface area contributed by atoms with Crippen LogP contribution in [0, 0.1) is 0 Å². The highest BCUT2D eigenvalue weighted by molar-refractivity contribution is 7.16. The van der Waals surface area contributed by atoms with E-state index in [4.69, 9.17) is 5.73 Å². The van der Waals surface area contributed by atoms with Crippen molar-refractivity contribution in [3.05, 3.63) is 46.2 Å². The average Bonchev–Trinajstić information content (AvgIpc) is 2.97. The third-order valence-corrected chi connectivity index (χ3v) is 3.87. The zero-order chi connectivity index (χ0) is 15.0. The van der Waals surface area contributed by atoms with E-state index in [-0.39, 0.29) is 4.96 Å². The summed E-state index contributed by atoms with van der Waals surface area (Å²) in [6, 6.07) is 7.49. The first kappa shape index (κ1) is 14.0. The number of fused-ring (bicyclic) bond motifs is 1. The van der Waals surface area contributed by atoms with E-state index in [1.807, 2.05) is 24.3 Å². The summed E-state index contributed by atoms with van der Waals surface area (Å²) in [5.41, 5.74) is 7.53. The fourth-order valence-corrected chi connectivity index (χ4v) is 2.85. The maximum Gasteiger partial charge on any atom is 0.453 e. The Labute approximate surface area is 121 Å². The number of nitrogens with zero attached hydrogens (tertiary/aromatic N) is 4. The maximum absolute atomic E-state index is 12.7. The van der Waals surface area contributed by atoms with E-state index in [2.05, 4.69) is 15.3 Å². The van der Waals surface area contributed by atoms with Crippen LogP contribution < -0.4 is 5.73 Å². The van der Waals surface area contributed by atoms with Gasteiger partial charge in [0.2, 0.25) is 4.96 Å². The van der Waals surface area contributed by atoms with E-state index < -0.39 is 12.0 Å². The quantitative estimate of drug-likeness (QED) is 0.805. The van der Waals surface area contributed by atoms with Crippen molar-refractivity contribution in [2.45, 2.75) is 19.1 Å². The van der Waals surface area contributed by atoms with Gasteiger partial charge in [-0.2, -0.15) is 22.8 Å². The molecule has 21 heavy (non-hydrogen) atoms. The topological polar surface area (TPSA) is 69.1 Å². The molecule has 5 nitrogen and oxygen atoms in total. The molecule has 3 aromatic rings. The van der Waals surface area contributed by atoms with Crippen molar-refractivity contribution in [3.8, 4) is 0 Å². The summed E-state index contributed by atoms with van der Waals surface area (Å²) in [6.07, 6.45) is -4.15. The summed E-state index contributed by atoms with van der Waals surface area (Å²) in [6.45, 7) is 0.369. The van der Waals surface area contributed by atoms with Crippen LogP contribution in [0.25, 0.3) is 4.96 Å². The SMILES string of the molecule is NCc1ccccc1Cc1nn2c(C(F)(F)F)nnc2s1. The van der Waals surface area contributed by atoms with E-state index in [1.165, 1.54) is 0 Å². The molecule has 0 radical (unpaired) electrons. The third kappa shape index (κ3) is 2.61. The molecule has 0 aliphatic carbocycles. The van der Waals surface area contributed by atoms with Gasteiger partial charge in [0.25, 0.3) is 5.82 Å².